The Morgan fingerprint density at radius 3 is 2.80 bits per heavy atom. The average Bonchev–Trinajstić information content (AvgIpc) is 2.67. The van der Waals surface area contributed by atoms with E-state index in [9.17, 15) is 9.18 Å². The van der Waals surface area contributed by atoms with Crippen molar-refractivity contribution in [1.29, 1.82) is 0 Å². The third-order valence-corrected chi connectivity index (χ3v) is 2.28. The molecule has 15 heavy (non-hydrogen) atoms. The van der Waals surface area contributed by atoms with Crippen molar-refractivity contribution in [2.45, 2.75) is 0 Å². The number of rotatable bonds is 1. The number of nitrogens with zero attached hydrogens (tertiary/aromatic N) is 2. The standard InChI is InChI=1S/C10H6BrFN2O/c11-8-4-7(5-9(12)6-8)10(15)14-3-1-2-13-14/h1-6H. The predicted octanol–water partition coefficient (Wildman–Crippen LogP) is 2.47. The van der Waals surface area contributed by atoms with Gasteiger partial charge in [0.05, 0.1) is 0 Å². The van der Waals surface area contributed by atoms with Crippen molar-refractivity contribution in [3.63, 3.8) is 0 Å². The minimum atomic E-state index is -0.458. The van der Waals surface area contributed by atoms with Crippen molar-refractivity contribution in [1.82, 2.24) is 9.78 Å². The lowest BCUT2D eigenvalue weighted by atomic mass is 10.2. The molecule has 0 aliphatic heterocycles. The molecule has 1 heterocycles. The smallest absolute Gasteiger partial charge is 0.267 e. The van der Waals surface area contributed by atoms with E-state index in [4.69, 9.17) is 0 Å². The molecule has 0 spiro atoms. The van der Waals surface area contributed by atoms with E-state index in [1.807, 2.05) is 0 Å². The Kier molecular flexibility index (Phi) is 2.64. The molecule has 0 amide bonds. The van der Waals surface area contributed by atoms with Gasteiger partial charge in [0.1, 0.15) is 5.82 Å². The van der Waals surface area contributed by atoms with Gasteiger partial charge >= 0.3 is 0 Å². The largest absolute Gasteiger partial charge is 0.278 e. The third-order valence-electron chi connectivity index (χ3n) is 1.82. The fraction of sp³-hybridized carbons (Fsp3) is 0. The number of carbonyl (C=O) groups excluding carboxylic acids is 1. The summed E-state index contributed by atoms with van der Waals surface area (Å²) < 4.78 is 14.7. The monoisotopic (exact) mass is 268 g/mol. The molecule has 3 nitrogen and oxygen atoms in total. The molecule has 0 radical (unpaired) electrons. The van der Waals surface area contributed by atoms with Crippen molar-refractivity contribution in [3.05, 3.63) is 52.5 Å². The van der Waals surface area contributed by atoms with Gasteiger partial charge in [-0.05, 0) is 24.3 Å². The molecule has 0 N–H and O–H groups in total. The summed E-state index contributed by atoms with van der Waals surface area (Å²) in [6.45, 7) is 0. The fourth-order valence-electron chi connectivity index (χ4n) is 1.20. The Balaban J connectivity index is 2.42. The molecule has 0 saturated carbocycles. The quantitative estimate of drug-likeness (QED) is 0.797. The molecule has 0 fully saturated rings. The third kappa shape index (κ3) is 2.12. The van der Waals surface area contributed by atoms with Gasteiger partial charge in [-0.25, -0.2) is 9.07 Å². The van der Waals surface area contributed by atoms with Crippen molar-refractivity contribution >= 4 is 21.8 Å². The molecule has 1 aromatic heterocycles. The molecule has 5 heteroatoms. The van der Waals surface area contributed by atoms with E-state index in [1.165, 1.54) is 24.5 Å². The van der Waals surface area contributed by atoms with Gasteiger partial charge in [0.15, 0.2) is 0 Å². The van der Waals surface area contributed by atoms with Crippen LogP contribution in [0.15, 0.2) is 41.1 Å². The lowest BCUT2D eigenvalue weighted by Gasteiger charge is -2.01. The summed E-state index contributed by atoms with van der Waals surface area (Å²) in [7, 11) is 0. The number of carbonyl (C=O) groups is 1. The highest BCUT2D eigenvalue weighted by Gasteiger charge is 2.10. The van der Waals surface area contributed by atoms with Crippen LogP contribution in [0.25, 0.3) is 0 Å². The van der Waals surface area contributed by atoms with Gasteiger partial charge in [0, 0.05) is 22.4 Å². The topological polar surface area (TPSA) is 34.9 Å². The van der Waals surface area contributed by atoms with E-state index in [2.05, 4.69) is 21.0 Å². The van der Waals surface area contributed by atoms with Gasteiger partial charge < -0.3 is 0 Å². The number of hydrogen-bond acceptors (Lipinski definition) is 2. The zero-order valence-corrected chi connectivity index (χ0v) is 9.11. The summed E-state index contributed by atoms with van der Waals surface area (Å²) in [5, 5.41) is 3.78. The molecule has 1 aromatic carbocycles. The van der Waals surface area contributed by atoms with Crippen molar-refractivity contribution in [2.75, 3.05) is 0 Å². The first kappa shape index (κ1) is 10.0. The maximum Gasteiger partial charge on any atom is 0.278 e. The number of hydrogen-bond donors (Lipinski definition) is 0. The number of benzene rings is 1. The SMILES string of the molecule is O=C(c1cc(F)cc(Br)c1)n1cccn1. The molecule has 2 rings (SSSR count). The van der Waals surface area contributed by atoms with Crippen LogP contribution in [-0.2, 0) is 0 Å². The zero-order chi connectivity index (χ0) is 10.8. The van der Waals surface area contributed by atoms with Crippen LogP contribution in [0.5, 0.6) is 0 Å². The molecule has 0 saturated heterocycles. The molecule has 0 bridgehead atoms. The second-order valence-corrected chi connectivity index (χ2v) is 3.83. The minimum Gasteiger partial charge on any atom is -0.267 e. The Morgan fingerprint density at radius 2 is 2.20 bits per heavy atom. The first-order valence-corrected chi connectivity index (χ1v) is 4.96. The summed E-state index contributed by atoms with van der Waals surface area (Å²) in [6.07, 6.45) is 3.01. The Labute approximate surface area is 93.7 Å². The molecule has 0 unspecified atom stereocenters. The summed E-state index contributed by atoms with van der Waals surface area (Å²) in [5.74, 6) is -0.819. The lowest BCUT2D eigenvalue weighted by Crippen LogP contribution is -2.12. The van der Waals surface area contributed by atoms with E-state index in [0.29, 0.717) is 4.47 Å². The Bertz CT molecular complexity index is 476. The van der Waals surface area contributed by atoms with E-state index >= 15 is 0 Å². The van der Waals surface area contributed by atoms with E-state index in [0.717, 1.165) is 4.68 Å². The number of halogens is 2. The van der Waals surface area contributed by atoms with Crippen LogP contribution in [-0.4, -0.2) is 15.7 Å². The Hall–Kier alpha value is -1.49. The fourth-order valence-corrected chi connectivity index (χ4v) is 1.66. The van der Waals surface area contributed by atoms with Crippen molar-refractivity contribution in [2.24, 2.45) is 0 Å². The van der Waals surface area contributed by atoms with Crippen molar-refractivity contribution < 1.29 is 9.18 Å². The molecule has 0 aliphatic rings. The van der Waals surface area contributed by atoms with Gasteiger partial charge in [-0.1, -0.05) is 15.9 Å². The van der Waals surface area contributed by atoms with Crippen molar-refractivity contribution in [3.8, 4) is 0 Å². The maximum atomic E-state index is 13.0. The summed E-state index contributed by atoms with van der Waals surface area (Å²) in [5.41, 5.74) is 0.255. The second-order valence-electron chi connectivity index (χ2n) is 2.91. The zero-order valence-electron chi connectivity index (χ0n) is 7.52. The highest BCUT2D eigenvalue weighted by atomic mass is 79.9. The van der Waals surface area contributed by atoms with Crippen LogP contribution in [0.2, 0.25) is 0 Å². The molecular formula is C10H6BrFN2O. The first-order valence-electron chi connectivity index (χ1n) is 4.17. The van der Waals surface area contributed by atoms with Gasteiger partial charge in [-0.2, -0.15) is 5.10 Å². The molecule has 76 valence electrons. The first-order chi connectivity index (χ1) is 7.16. The Morgan fingerprint density at radius 1 is 1.40 bits per heavy atom. The summed E-state index contributed by atoms with van der Waals surface area (Å²) >= 11 is 3.12. The van der Waals surface area contributed by atoms with Gasteiger partial charge in [-0.3, -0.25) is 4.79 Å². The van der Waals surface area contributed by atoms with Crippen LogP contribution >= 0.6 is 15.9 Å². The van der Waals surface area contributed by atoms with Crippen LogP contribution in [0, 0.1) is 5.82 Å². The summed E-state index contributed by atoms with van der Waals surface area (Å²) in [6, 6.07) is 5.65. The van der Waals surface area contributed by atoms with Gasteiger partial charge in [0.25, 0.3) is 5.91 Å². The predicted molar refractivity (Wildman–Crippen MR) is 56.1 cm³/mol. The molecule has 0 atom stereocenters. The average molecular weight is 269 g/mol. The van der Waals surface area contributed by atoms with Crippen LogP contribution in [0.4, 0.5) is 4.39 Å². The van der Waals surface area contributed by atoms with E-state index < -0.39 is 5.82 Å². The maximum absolute atomic E-state index is 13.0. The molecule has 2 aromatic rings. The lowest BCUT2D eigenvalue weighted by molar-refractivity contribution is 0.0944. The van der Waals surface area contributed by atoms with Gasteiger partial charge in [0.2, 0.25) is 0 Å². The minimum absolute atomic E-state index is 0.255. The highest BCUT2D eigenvalue weighted by molar-refractivity contribution is 9.10. The van der Waals surface area contributed by atoms with Crippen LogP contribution < -0.4 is 0 Å². The van der Waals surface area contributed by atoms with Crippen LogP contribution in [0.1, 0.15) is 10.4 Å². The highest BCUT2D eigenvalue weighted by Crippen LogP contribution is 2.15. The normalized spacial score (nSPS) is 10.3. The molecular weight excluding hydrogens is 263 g/mol. The van der Waals surface area contributed by atoms with E-state index in [1.54, 1.807) is 12.1 Å². The second kappa shape index (κ2) is 3.94. The van der Waals surface area contributed by atoms with E-state index in [-0.39, 0.29) is 11.5 Å². The van der Waals surface area contributed by atoms with Crippen LogP contribution in [0.3, 0.4) is 0 Å². The summed E-state index contributed by atoms with van der Waals surface area (Å²) in [4.78, 5) is 11.7. The number of aromatic nitrogens is 2. The van der Waals surface area contributed by atoms with Gasteiger partial charge in [-0.15, -0.1) is 0 Å². The molecule has 0 aliphatic carbocycles.